The number of aliphatic hydroxyl groups is 1. The maximum Gasteiger partial charge on any atom is 0.152 e. The van der Waals surface area contributed by atoms with Crippen molar-refractivity contribution in [3.05, 3.63) is 0 Å². The molecule has 96 valence electrons. The minimum Gasteiger partial charge on any atom is -0.389 e. The molecule has 1 N–H and O–H groups in total. The summed E-state index contributed by atoms with van der Waals surface area (Å²) in [6.45, 7) is 5.66. The number of hydrogen-bond donors (Lipinski definition) is 1. The van der Waals surface area contributed by atoms with Crippen molar-refractivity contribution >= 4 is 9.84 Å². The highest BCUT2D eigenvalue weighted by molar-refractivity contribution is 7.91. The number of hydrogen-bond acceptors (Lipinski definition) is 5. The molecule has 1 unspecified atom stereocenters. The molecule has 0 spiro atoms. The van der Waals surface area contributed by atoms with Crippen LogP contribution in [0.25, 0.3) is 0 Å². The topological polar surface area (TPSA) is 66.8 Å². The van der Waals surface area contributed by atoms with E-state index >= 15 is 0 Å². The minimum absolute atomic E-state index is 0.108. The van der Waals surface area contributed by atoms with E-state index in [1.807, 2.05) is 18.7 Å². The van der Waals surface area contributed by atoms with E-state index in [0.29, 0.717) is 26.2 Å². The van der Waals surface area contributed by atoms with Crippen LogP contribution in [-0.2, 0) is 14.6 Å². The Morgan fingerprint density at radius 1 is 1.31 bits per heavy atom. The highest BCUT2D eigenvalue weighted by atomic mass is 32.2. The van der Waals surface area contributed by atoms with E-state index in [1.54, 1.807) is 0 Å². The third kappa shape index (κ3) is 5.25. The summed E-state index contributed by atoms with van der Waals surface area (Å²) in [5, 5.41) is 9.66. The van der Waals surface area contributed by atoms with Gasteiger partial charge in [0, 0.05) is 19.6 Å². The molecule has 1 atom stereocenters. The van der Waals surface area contributed by atoms with E-state index in [0.717, 1.165) is 0 Å². The van der Waals surface area contributed by atoms with Crippen LogP contribution in [0.3, 0.4) is 0 Å². The number of β-amino-alcohol motifs (C(OH)–C–C–N with tert-alkyl or cyclic N) is 1. The molecule has 1 heterocycles. The Bertz CT molecular complexity index is 288. The van der Waals surface area contributed by atoms with Crippen molar-refractivity contribution in [2.24, 2.45) is 0 Å². The normalized spacial score (nSPS) is 23.5. The Morgan fingerprint density at radius 3 is 2.38 bits per heavy atom. The molecule has 6 heteroatoms. The number of ether oxygens (including phenoxy) is 1. The molecular weight excluding hydrogens is 230 g/mol. The summed E-state index contributed by atoms with van der Waals surface area (Å²) in [6, 6.07) is 0. The Kier molecular flexibility index (Phi) is 5.17. The van der Waals surface area contributed by atoms with Gasteiger partial charge < -0.3 is 9.84 Å². The smallest absolute Gasteiger partial charge is 0.152 e. The average Bonchev–Trinajstić information content (AvgIpc) is 2.18. The molecule has 0 radical (unpaired) electrons. The maximum atomic E-state index is 11.2. The fourth-order valence-corrected chi connectivity index (χ4v) is 2.86. The maximum absolute atomic E-state index is 11.2. The summed E-state index contributed by atoms with van der Waals surface area (Å²) in [4.78, 5) is 1.97. The van der Waals surface area contributed by atoms with Crippen LogP contribution in [0.4, 0.5) is 0 Å². The average molecular weight is 251 g/mol. The second kappa shape index (κ2) is 5.95. The van der Waals surface area contributed by atoms with Crippen LogP contribution < -0.4 is 0 Å². The van der Waals surface area contributed by atoms with Crippen molar-refractivity contribution in [3.8, 4) is 0 Å². The Hall–Kier alpha value is -0.170. The SMILES string of the molecule is CC(C)OCC(O)CN1CCS(=O)(=O)CC1. The Morgan fingerprint density at radius 2 is 1.88 bits per heavy atom. The van der Waals surface area contributed by atoms with Gasteiger partial charge in [-0.15, -0.1) is 0 Å². The molecule has 1 aliphatic rings. The predicted molar refractivity (Wildman–Crippen MR) is 62.2 cm³/mol. The van der Waals surface area contributed by atoms with E-state index < -0.39 is 15.9 Å². The van der Waals surface area contributed by atoms with Gasteiger partial charge in [-0.1, -0.05) is 0 Å². The van der Waals surface area contributed by atoms with Gasteiger partial charge in [0.05, 0.1) is 30.3 Å². The molecule has 0 aromatic heterocycles. The van der Waals surface area contributed by atoms with Crippen molar-refractivity contribution in [2.75, 3.05) is 37.7 Å². The third-order valence-corrected chi connectivity index (χ3v) is 4.14. The largest absolute Gasteiger partial charge is 0.389 e. The van der Waals surface area contributed by atoms with Gasteiger partial charge in [-0.05, 0) is 13.8 Å². The molecule has 0 amide bonds. The molecular formula is C10H21NO4S. The van der Waals surface area contributed by atoms with Gasteiger partial charge in [0.25, 0.3) is 0 Å². The monoisotopic (exact) mass is 251 g/mol. The van der Waals surface area contributed by atoms with Gasteiger partial charge in [0.2, 0.25) is 0 Å². The number of sulfone groups is 1. The van der Waals surface area contributed by atoms with Gasteiger partial charge in [0.1, 0.15) is 0 Å². The first-order chi connectivity index (χ1) is 7.39. The third-order valence-electron chi connectivity index (χ3n) is 2.53. The molecule has 1 rings (SSSR count). The van der Waals surface area contributed by atoms with Crippen molar-refractivity contribution in [1.82, 2.24) is 4.90 Å². The highest BCUT2D eigenvalue weighted by Gasteiger charge is 2.23. The summed E-state index contributed by atoms with van der Waals surface area (Å²) in [5.74, 6) is 0.398. The van der Waals surface area contributed by atoms with Gasteiger partial charge in [-0.2, -0.15) is 0 Å². The van der Waals surface area contributed by atoms with Crippen LogP contribution >= 0.6 is 0 Å². The second-order valence-corrected chi connectivity index (χ2v) is 6.79. The lowest BCUT2D eigenvalue weighted by atomic mass is 10.3. The van der Waals surface area contributed by atoms with Crippen molar-refractivity contribution < 1.29 is 18.3 Å². The van der Waals surface area contributed by atoms with E-state index in [9.17, 15) is 13.5 Å². The lowest BCUT2D eigenvalue weighted by Gasteiger charge is -2.28. The molecule has 0 saturated carbocycles. The molecule has 1 fully saturated rings. The predicted octanol–water partition coefficient (Wildman–Crippen LogP) is -0.497. The summed E-state index contributed by atoms with van der Waals surface area (Å²) in [7, 11) is -2.83. The van der Waals surface area contributed by atoms with Crippen LogP contribution in [-0.4, -0.2) is 68.4 Å². The molecule has 0 bridgehead atoms. The number of rotatable bonds is 5. The first-order valence-electron chi connectivity index (χ1n) is 5.61. The van der Waals surface area contributed by atoms with Crippen LogP contribution in [0.15, 0.2) is 0 Å². The standard InChI is InChI=1S/C10H21NO4S/c1-9(2)15-8-10(12)7-11-3-5-16(13,14)6-4-11/h9-10,12H,3-8H2,1-2H3. The van der Waals surface area contributed by atoms with Gasteiger partial charge >= 0.3 is 0 Å². The molecule has 1 aliphatic heterocycles. The van der Waals surface area contributed by atoms with Crippen LogP contribution in [0, 0.1) is 0 Å². The molecule has 0 aromatic carbocycles. The van der Waals surface area contributed by atoms with E-state index in [2.05, 4.69) is 0 Å². The summed E-state index contributed by atoms with van der Waals surface area (Å²) in [6.07, 6.45) is -0.431. The minimum atomic E-state index is -2.83. The summed E-state index contributed by atoms with van der Waals surface area (Å²) in [5.41, 5.74) is 0. The van der Waals surface area contributed by atoms with Crippen LogP contribution in [0.2, 0.25) is 0 Å². The van der Waals surface area contributed by atoms with Gasteiger partial charge in [-0.25, -0.2) is 8.42 Å². The molecule has 16 heavy (non-hydrogen) atoms. The van der Waals surface area contributed by atoms with Crippen molar-refractivity contribution in [2.45, 2.75) is 26.1 Å². The lowest BCUT2D eigenvalue weighted by molar-refractivity contribution is -0.00746. The molecule has 0 aliphatic carbocycles. The second-order valence-electron chi connectivity index (χ2n) is 4.49. The van der Waals surface area contributed by atoms with Gasteiger partial charge in [0.15, 0.2) is 9.84 Å². The number of aliphatic hydroxyl groups excluding tert-OH is 1. The lowest BCUT2D eigenvalue weighted by Crippen LogP contribution is -2.44. The van der Waals surface area contributed by atoms with Crippen LogP contribution in [0.1, 0.15) is 13.8 Å². The Labute approximate surface area is 97.3 Å². The summed E-state index contributed by atoms with van der Waals surface area (Å²) >= 11 is 0. The molecule has 1 saturated heterocycles. The zero-order chi connectivity index (χ0) is 12.2. The van der Waals surface area contributed by atoms with Crippen LogP contribution in [0.5, 0.6) is 0 Å². The molecule has 5 nitrogen and oxygen atoms in total. The Balaban J connectivity index is 2.23. The summed E-state index contributed by atoms with van der Waals surface area (Å²) < 4.78 is 27.7. The zero-order valence-electron chi connectivity index (χ0n) is 9.92. The van der Waals surface area contributed by atoms with Gasteiger partial charge in [-0.3, -0.25) is 4.90 Å². The highest BCUT2D eigenvalue weighted by Crippen LogP contribution is 2.05. The zero-order valence-corrected chi connectivity index (χ0v) is 10.7. The van der Waals surface area contributed by atoms with E-state index in [-0.39, 0.29) is 17.6 Å². The van der Waals surface area contributed by atoms with E-state index in [1.165, 1.54) is 0 Å². The first-order valence-corrected chi connectivity index (χ1v) is 7.43. The first kappa shape index (κ1) is 13.9. The van der Waals surface area contributed by atoms with E-state index in [4.69, 9.17) is 4.74 Å². The molecule has 0 aromatic rings. The quantitative estimate of drug-likeness (QED) is 0.714. The fourth-order valence-electron chi connectivity index (χ4n) is 1.59. The number of nitrogens with zero attached hydrogens (tertiary/aromatic N) is 1. The van der Waals surface area contributed by atoms with Crippen molar-refractivity contribution in [1.29, 1.82) is 0 Å². The fraction of sp³-hybridized carbons (Fsp3) is 1.00. The van der Waals surface area contributed by atoms with Crippen molar-refractivity contribution in [3.63, 3.8) is 0 Å².